The number of nitrogens with one attached hydrogen (secondary N) is 1. The Morgan fingerprint density at radius 2 is 2.30 bits per heavy atom. The number of aryl methyl sites for hydroxylation is 1. The lowest BCUT2D eigenvalue weighted by Crippen LogP contribution is -2.09. The van der Waals surface area contributed by atoms with Crippen molar-refractivity contribution in [3.63, 3.8) is 0 Å². The number of hydrogen-bond acceptors (Lipinski definition) is 2. The molecule has 0 fully saturated rings. The first-order chi connectivity index (χ1) is 4.75. The van der Waals surface area contributed by atoms with E-state index in [0.717, 1.165) is 18.9 Å². The summed E-state index contributed by atoms with van der Waals surface area (Å²) < 4.78 is 0. The highest BCUT2D eigenvalue weighted by molar-refractivity contribution is 5.17. The van der Waals surface area contributed by atoms with E-state index < -0.39 is 0 Å². The molecule has 0 saturated carbocycles. The van der Waals surface area contributed by atoms with E-state index in [1.54, 1.807) is 0 Å². The van der Waals surface area contributed by atoms with Gasteiger partial charge in [-0.1, -0.05) is 0 Å². The van der Waals surface area contributed by atoms with E-state index in [9.17, 15) is 0 Å². The van der Waals surface area contributed by atoms with Crippen LogP contribution in [0.4, 0.5) is 0 Å². The van der Waals surface area contributed by atoms with Crippen LogP contribution in [0.25, 0.3) is 0 Å². The molecule has 0 spiro atoms. The zero-order chi connectivity index (χ0) is 7.14. The Hall–Kier alpha value is -0.830. The minimum atomic E-state index is 1.000. The van der Waals surface area contributed by atoms with Crippen LogP contribution in [0.2, 0.25) is 0 Å². The monoisotopic (exact) mass is 137 g/mol. The Morgan fingerprint density at radius 3 is 3.00 bits per heavy atom. The Bertz CT molecular complexity index is 228. The maximum Gasteiger partial charge on any atom is 0.103 e. The third kappa shape index (κ3) is 0.743. The molecule has 1 aliphatic rings. The molecule has 1 aromatic heterocycles. The number of aromatic amines is 1. The van der Waals surface area contributed by atoms with E-state index >= 15 is 0 Å². The minimum Gasteiger partial charge on any atom is -0.345 e. The van der Waals surface area contributed by atoms with Gasteiger partial charge in [0.05, 0.1) is 11.4 Å². The van der Waals surface area contributed by atoms with Gasteiger partial charge in [0.15, 0.2) is 0 Å². The number of imidazole rings is 1. The van der Waals surface area contributed by atoms with Crippen molar-refractivity contribution in [1.82, 2.24) is 14.9 Å². The molecular formula is C7H11N3. The highest BCUT2D eigenvalue weighted by Gasteiger charge is 2.18. The first kappa shape index (κ1) is 5.92. The Kier molecular flexibility index (Phi) is 1.08. The average molecular weight is 137 g/mol. The number of rotatable bonds is 0. The summed E-state index contributed by atoms with van der Waals surface area (Å²) in [5.74, 6) is 1.04. The molecule has 1 N–H and O–H groups in total. The maximum atomic E-state index is 4.34. The second-order valence-corrected chi connectivity index (χ2v) is 2.92. The Labute approximate surface area is 60.1 Å². The summed E-state index contributed by atoms with van der Waals surface area (Å²) in [5, 5.41) is 0. The van der Waals surface area contributed by atoms with Crippen molar-refractivity contribution < 1.29 is 0 Å². The second-order valence-electron chi connectivity index (χ2n) is 2.92. The number of nitrogens with zero attached hydrogens (tertiary/aromatic N) is 2. The first-order valence-corrected chi connectivity index (χ1v) is 3.48. The number of aromatic nitrogens is 2. The molecule has 0 unspecified atom stereocenters. The SMILES string of the molecule is Cc1nc2c([nH]1)CN(C)C2. The molecule has 0 amide bonds. The van der Waals surface area contributed by atoms with Gasteiger partial charge < -0.3 is 4.98 Å². The molecule has 3 heteroatoms. The quantitative estimate of drug-likeness (QED) is 0.569. The molecule has 0 bridgehead atoms. The smallest absolute Gasteiger partial charge is 0.103 e. The van der Waals surface area contributed by atoms with Crippen LogP contribution in [0.15, 0.2) is 0 Å². The lowest BCUT2D eigenvalue weighted by atomic mass is 10.4. The fourth-order valence-electron chi connectivity index (χ4n) is 1.43. The number of fused-ring (bicyclic) bond motifs is 1. The van der Waals surface area contributed by atoms with E-state index in [1.807, 2.05) is 6.92 Å². The van der Waals surface area contributed by atoms with Crippen LogP contribution in [0.5, 0.6) is 0 Å². The summed E-state index contributed by atoms with van der Waals surface area (Å²) in [4.78, 5) is 9.82. The zero-order valence-corrected chi connectivity index (χ0v) is 6.31. The number of H-pyrrole nitrogens is 1. The summed E-state index contributed by atoms with van der Waals surface area (Å²) in [5.41, 5.74) is 2.51. The molecule has 2 rings (SSSR count). The largest absolute Gasteiger partial charge is 0.345 e. The van der Waals surface area contributed by atoms with E-state index in [-0.39, 0.29) is 0 Å². The average Bonchev–Trinajstić information content (AvgIpc) is 2.21. The Balaban J connectivity index is 2.39. The van der Waals surface area contributed by atoms with Crippen LogP contribution < -0.4 is 0 Å². The molecule has 0 aliphatic carbocycles. The van der Waals surface area contributed by atoms with E-state index in [4.69, 9.17) is 0 Å². The predicted octanol–water partition coefficient (Wildman–Crippen LogP) is 0.664. The molecule has 0 aromatic carbocycles. The van der Waals surface area contributed by atoms with E-state index in [2.05, 4.69) is 21.9 Å². The molecule has 1 aromatic rings. The van der Waals surface area contributed by atoms with Crippen LogP contribution in [0.3, 0.4) is 0 Å². The summed E-state index contributed by atoms with van der Waals surface area (Å²) in [6.45, 7) is 4.02. The van der Waals surface area contributed by atoms with Crippen molar-refractivity contribution in [1.29, 1.82) is 0 Å². The number of hydrogen-bond donors (Lipinski definition) is 1. The standard InChI is InChI=1S/C7H11N3/c1-5-8-6-3-10(2)4-7(6)9-5/h3-4H2,1-2H3,(H,8,9). The van der Waals surface area contributed by atoms with E-state index in [1.165, 1.54) is 11.4 Å². The molecule has 10 heavy (non-hydrogen) atoms. The van der Waals surface area contributed by atoms with Crippen LogP contribution in [0, 0.1) is 6.92 Å². The molecule has 1 aliphatic heterocycles. The van der Waals surface area contributed by atoms with Crippen molar-refractivity contribution in [3.8, 4) is 0 Å². The van der Waals surface area contributed by atoms with Gasteiger partial charge in [-0.3, -0.25) is 4.90 Å². The Morgan fingerprint density at radius 1 is 1.50 bits per heavy atom. The predicted molar refractivity (Wildman–Crippen MR) is 38.5 cm³/mol. The summed E-state index contributed by atoms with van der Waals surface area (Å²) in [6.07, 6.45) is 0. The highest BCUT2D eigenvalue weighted by Crippen LogP contribution is 2.17. The molecule has 2 heterocycles. The van der Waals surface area contributed by atoms with Gasteiger partial charge in [0.2, 0.25) is 0 Å². The van der Waals surface area contributed by atoms with E-state index in [0.29, 0.717) is 0 Å². The third-order valence-corrected chi connectivity index (χ3v) is 1.83. The first-order valence-electron chi connectivity index (χ1n) is 3.48. The van der Waals surface area contributed by atoms with Crippen molar-refractivity contribution >= 4 is 0 Å². The van der Waals surface area contributed by atoms with Gasteiger partial charge in [-0.2, -0.15) is 0 Å². The van der Waals surface area contributed by atoms with Crippen LogP contribution in [-0.4, -0.2) is 21.9 Å². The van der Waals surface area contributed by atoms with Crippen LogP contribution in [-0.2, 0) is 13.1 Å². The molecule has 0 radical (unpaired) electrons. The molecule has 0 saturated heterocycles. The topological polar surface area (TPSA) is 31.9 Å². The maximum absolute atomic E-state index is 4.34. The van der Waals surface area contributed by atoms with Crippen molar-refractivity contribution in [3.05, 3.63) is 17.2 Å². The van der Waals surface area contributed by atoms with Crippen molar-refractivity contribution in [2.45, 2.75) is 20.0 Å². The van der Waals surface area contributed by atoms with Crippen LogP contribution >= 0.6 is 0 Å². The van der Waals surface area contributed by atoms with Gasteiger partial charge in [0, 0.05) is 13.1 Å². The van der Waals surface area contributed by atoms with Gasteiger partial charge in [0.25, 0.3) is 0 Å². The fourth-order valence-corrected chi connectivity index (χ4v) is 1.43. The van der Waals surface area contributed by atoms with Gasteiger partial charge in [-0.25, -0.2) is 4.98 Å². The second kappa shape index (κ2) is 1.83. The summed E-state index contributed by atoms with van der Waals surface area (Å²) in [6, 6.07) is 0. The minimum absolute atomic E-state index is 1.000. The fraction of sp³-hybridized carbons (Fsp3) is 0.571. The molecule has 0 atom stereocenters. The summed E-state index contributed by atoms with van der Waals surface area (Å²) in [7, 11) is 2.10. The summed E-state index contributed by atoms with van der Waals surface area (Å²) >= 11 is 0. The van der Waals surface area contributed by atoms with Gasteiger partial charge in [0.1, 0.15) is 5.82 Å². The lowest BCUT2D eigenvalue weighted by molar-refractivity contribution is 0.347. The van der Waals surface area contributed by atoms with Crippen LogP contribution in [0.1, 0.15) is 17.2 Å². The zero-order valence-electron chi connectivity index (χ0n) is 6.31. The third-order valence-electron chi connectivity index (χ3n) is 1.83. The van der Waals surface area contributed by atoms with Crippen molar-refractivity contribution in [2.24, 2.45) is 0 Å². The molecular weight excluding hydrogens is 126 g/mol. The molecule has 3 nitrogen and oxygen atoms in total. The van der Waals surface area contributed by atoms with Gasteiger partial charge >= 0.3 is 0 Å². The highest BCUT2D eigenvalue weighted by atomic mass is 15.2. The van der Waals surface area contributed by atoms with Crippen molar-refractivity contribution in [2.75, 3.05) is 7.05 Å². The van der Waals surface area contributed by atoms with Gasteiger partial charge in [-0.05, 0) is 14.0 Å². The van der Waals surface area contributed by atoms with Gasteiger partial charge in [-0.15, -0.1) is 0 Å². The molecule has 54 valence electrons. The lowest BCUT2D eigenvalue weighted by Gasteiger charge is -2.03. The normalized spacial score (nSPS) is 17.8.